The van der Waals surface area contributed by atoms with E-state index in [4.69, 9.17) is 0 Å². The number of nitrogens with one attached hydrogen (secondary N) is 2. The number of hydrogen-bond acceptors (Lipinski definition) is 4. The number of nitrogens with zero attached hydrogens (tertiary/aromatic N) is 1. The van der Waals surface area contributed by atoms with Crippen LogP contribution in [0.15, 0.2) is 28.7 Å². The molecule has 2 amide bonds. The molecule has 5 nitrogen and oxygen atoms in total. The molecule has 2 rings (SSSR count). The van der Waals surface area contributed by atoms with E-state index in [9.17, 15) is 9.59 Å². The molecule has 1 aromatic rings. The Bertz CT molecular complexity index is 659. The van der Waals surface area contributed by atoms with Gasteiger partial charge >= 0.3 is 0 Å². The van der Waals surface area contributed by atoms with Crippen molar-refractivity contribution >= 4 is 39.5 Å². The van der Waals surface area contributed by atoms with E-state index in [0.717, 1.165) is 29.6 Å². The lowest BCUT2D eigenvalue weighted by Gasteiger charge is -2.33. The van der Waals surface area contributed by atoms with Crippen molar-refractivity contribution in [3.63, 3.8) is 0 Å². The molecule has 0 saturated carbocycles. The highest BCUT2D eigenvalue weighted by atomic mass is 79.9. The van der Waals surface area contributed by atoms with Crippen LogP contribution in [0.4, 0.5) is 0 Å². The number of amides is 2. The van der Waals surface area contributed by atoms with Crippen LogP contribution in [0.3, 0.4) is 0 Å². The normalized spacial score (nSPS) is 18.2. The van der Waals surface area contributed by atoms with Crippen LogP contribution in [0.1, 0.15) is 55.8 Å². The second kappa shape index (κ2) is 13.3. The van der Waals surface area contributed by atoms with Gasteiger partial charge in [-0.15, -0.1) is 0 Å². The summed E-state index contributed by atoms with van der Waals surface area (Å²) in [6.07, 6.45) is 8.61. The smallest absolute Gasteiger partial charge is 0.253 e. The summed E-state index contributed by atoms with van der Waals surface area (Å²) in [5, 5.41) is 5.92. The molecule has 1 saturated heterocycles. The first-order valence-electron chi connectivity index (χ1n) is 10.6. The van der Waals surface area contributed by atoms with Crippen molar-refractivity contribution in [2.45, 2.75) is 57.5 Å². The lowest BCUT2D eigenvalue weighted by molar-refractivity contribution is -0.123. The summed E-state index contributed by atoms with van der Waals surface area (Å²) in [7, 11) is 0. The molecule has 7 heteroatoms. The van der Waals surface area contributed by atoms with Crippen molar-refractivity contribution in [2.24, 2.45) is 0 Å². The van der Waals surface area contributed by atoms with Gasteiger partial charge in [-0.05, 0) is 92.2 Å². The molecule has 1 fully saturated rings. The third kappa shape index (κ3) is 8.30. The van der Waals surface area contributed by atoms with Gasteiger partial charge in [0.05, 0.1) is 5.56 Å². The van der Waals surface area contributed by atoms with Crippen molar-refractivity contribution in [2.75, 3.05) is 31.6 Å². The number of benzene rings is 1. The van der Waals surface area contributed by atoms with Gasteiger partial charge in [0.15, 0.2) is 0 Å². The Labute approximate surface area is 187 Å². The van der Waals surface area contributed by atoms with Gasteiger partial charge in [0.1, 0.15) is 6.04 Å². The average molecular weight is 485 g/mol. The maximum atomic E-state index is 12.7. The summed E-state index contributed by atoms with van der Waals surface area (Å²) in [6, 6.07) is 7.44. The topological polar surface area (TPSA) is 61.4 Å². The predicted molar refractivity (Wildman–Crippen MR) is 126 cm³/mol. The predicted octanol–water partition coefficient (Wildman–Crippen LogP) is 4.07. The van der Waals surface area contributed by atoms with Crippen LogP contribution in [-0.2, 0) is 4.79 Å². The van der Waals surface area contributed by atoms with Crippen molar-refractivity contribution in [1.82, 2.24) is 15.5 Å². The molecule has 1 heterocycles. The number of rotatable bonds is 11. The molecule has 2 unspecified atom stereocenters. The molecule has 0 bridgehead atoms. The van der Waals surface area contributed by atoms with Crippen molar-refractivity contribution in [3.8, 4) is 0 Å². The van der Waals surface area contributed by atoms with E-state index in [0.29, 0.717) is 24.6 Å². The molecule has 1 aliphatic rings. The molecular weight excluding hydrogens is 450 g/mol. The van der Waals surface area contributed by atoms with Gasteiger partial charge in [-0.1, -0.05) is 18.6 Å². The van der Waals surface area contributed by atoms with E-state index >= 15 is 0 Å². The van der Waals surface area contributed by atoms with Crippen LogP contribution < -0.4 is 10.6 Å². The van der Waals surface area contributed by atoms with E-state index < -0.39 is 6.04 Å². The maximum Gasteiger partial charge on any atom is 0.253 e. The zero-order valence-electron chi connectivity index (χ0n) is 17.6. The Balaban J connectivity index is 1.77. The maximum absolute atomic E-state index is 12.7. The Kier molecular flexibility index (Phi) is 11.1. The first-order valence-corrected chi connectivity index (χ1v) is 12.8. The van der Waals surface area contributed by atoms with Crippen molar-refractivity contribution in [3.05, 3.63) is 34.3 Å². The van der Waals surface area contributed by atoms with Gasteiger partial charge in [0.2, 0.25) is 5.91 Å². The minimum Gasteiger partial charge on any atom is -0.354 e. The number of unbranched alkanes of at least 4 members (excludes halogenated alkanes) is 1. The largest absolute Gasteiger partial charge is 0.354 e. The lowest BCUT2D eigenvalue weighted by atomic mass is 10.0. The van der Waals surface area contributed by atoms with Gasteiger partial charge in [-0.25, -0.2) is 0 Å². The van der Waals surface area contributed by atoms with Crippen LogP contribution in [0.25, 0.3) is 0 Å². The fraction of sp³-hybridized carbons (Fsp3) is 0.636. The van der Waals surface area contributed by atoms with Crippen LogP contribution >= 0.6 is 27.7 Å². The standard InChI is InChI=1S/C22H34BrN3O2S/c1-17-9-5-7-14-26(17)15-8-6-13-24-22(28)20(12-16-29-2)25-21(27)18-10-3-4-11-19(18)23/h3-4,10-11,17,20H,5-9,12-16H2,1-2H3,(H,24,28)(H,25,27). The van der Waals surface area contributed by atoms with Gasteiger partial charge in [-0.2, -0.15) is 11.8 Å². The second-order valence-corrected chi connectivity index (χ2v) is 9.51. The summed E-state index contributed by atoms with van der Waals surface area (Å²) in [5.41, 5.74) is 0.546. The Morgan fingerprint density at radius 2 is 2.07 bits per heavy atom. The van der Waals surface area contributed by atoms with Gasteiger partial charge in [-0.3, -0.25) is 9.59 Å². The number of carbonyl (C=O) groups is 2. The van der Waals surface area contributed by atoms with Gasteiger partial charge in [0.25, 0.3) is 5.91 Å². The zero-order valence-corrected chi connectivity index (χ0v) is 20.0. The summed E-state index contributed by atoms with van der Waals surface area (Å²) in [4.78, 5) is 27.8. The molecule has 162 valence electrons. The zero-order chi connectivity index (χ0) is 21.1. The van der Waals surface area contributed by atoms with Crippen LogP contribution in [0.2, 0.25) is 0 Å². The molecule has 29 heavy (non-hydrogen) atoms. The lowest BCUT2D eigenvalue weighted by Crippen LogP contribution is -2.47. The first kappa shape index (κ1) is 24.2. The molecule has 0 radical (unpaired) electrons. The van der Waals surface area contributed by atoms with Crippen LogP contribution in [-0.4, -0.2) is 60.4 Å². The average Bonchev–Trinajstić information content (AvgIpc) is 2.72. The number of piperidine rings is 1. The SMILES string of the molecule is CSCCC(NC(=O)c1ccccc1Br)C(=O)NCCCCN1CCCCC1C. The summed E-state index contributed by atoms with van der Waals surface area (Å²) in [5.74, 6) is 0.505. The number of likely N-dealkylation sites (tertiary alicyclic amines) is 1. The molecule has 0 aliphatic carbocycles. The third-order valence-corrected chi connectivity index (χ3v) is 6.80. The molecule has 1 aromatic carbocycles. The monoisotopic (exact) mass is 483 g/mol. The molecule has 2 atom stereocenters. The molecule has 2 N–H and O–H groups in total. The highest BCUT2D eigenvalue weighted by Gasteiger charge is 2.22. The summed E-state index contributed by atoms with van der Waals surface area (Å²) >= 11 is 5.08. The van der Waals surface area contributed by atoms with Crippen LogP contribution in [0, 0.1) is 0 Å². The minimum absolute atomic E-state index is 0.0919. The van der Waals surface area contributed by atoms with Crippen molar-refractivity contribution in [1.29, 1.82) is 0 Å². The summed E-state index contributed by atoms with van der Waals surface area (Å²) in [6.45, 7) is 5.27. The molecule has 0 aromatic heterocycles. The van der Waals surface area contributed by atoms with E-state index in [1.807, 2.05) is 24.5 Å². The van der Waals surface area contributed by atoms with E-state index in [1.165, 1.54) is 25.8 Å². The fourth-order valence-corrected chi connectivity index (χ4v) is 4.59. The highest BCUT2D eigenvalue weighted by Crippen LogP contribution is 2.17. The molecule has 1 aliphatic heterocycles. The highest BCUT2D eigenvalue weighted by molar-refractivity contribution is 9.10. The number of carbonyl (C=O) groups excluding carboxylic acids is 2. The van der Waals surface area contributed by atoms with Crippen molar-refractivity contribution < 1.29 is 9.59 Å². The second-order valence-electron chi connectivity index (χ2n) is 7.67. The Morgan fingerprint density at radius 3 is 2.79 bits per heavy atom. The third-order valence-electron chi connectivity index (χ3n) is 5.46. The summed E-state index contributed by atoms with van der Waals surface area (Å²) < 4.78 is 0.730. The van der Waals surface area contributed by atoms with E-state index in [-0.39, 0.29) is 11.8 Å². The van der Waals surface area contributed by atoms with Crippen LogP contribution in [0.5, 0.6) is 0 Å². The van der Waals surface area contributed by atoms with Gasteiger partial charge < -0.3 is 15.5 Å². The Hall–Kier alpha value is -1.05. The minimum atomic E-state index is -0.510. The number of hydrogen-bond donors (Lipinski definition) is 2. The number of thioether (sulfide) groups is 1. The molecule has 0 spiro atoms. The quantitative estimate of drug-likeness (QED) is 0.465. The number of halogens is 1. The van der Waals surface area contributed by atoms with E-state index in [2.05, 4.69) is 38.4 Å². The Morgan fingerprint density at radius 1 is 1.28 bits per heavy atom. The van der Waals surface area contributed by atoms with Gasteiger partial charge in [0, 0.05) is 17.1 Å². The first-order chi connectivity index (χ1) is 14.0. The van der Waals surface area contributed by atoms with E-state index in [1.54, 1.807) is 17.8 Å². The molecular formula is C22H34BrN3O2S. The fourth-order valence-electron chi connectivity index (χ4n) is 3.65.